The number of pyridine rings is 1. The molecule has 0 saturated carbocycles. The molecule has 0 aliphatic heterocycles. The van der Waals surface area contributed by atoms with E-state index in [4.69, 9.17) is 10.5 Å². The second kappa shape index (κ2) is 4.87. The van der Waals surface area contributed by atoms with E-state index in [-0.39, 0.29) is 0 Å². The minimum atomic E-state index is 0.428. The maximum atomic E-state index is 5.71. The van der Waals surface area contributed by atoms with Gasteiger partial charge in [-0.25, -0.2) is 4.98 Å². The molecule has 2 rings (SSSR count). The van der Waals surface area contributed by atoms with Gasteiger partial charge in [0.15, 0.2) is 11.6 Å². The first-order valence-corrected chi connectivity index (χ1v) is 5.55. The van der Waals surface area contributed by atoms with Crippen LogP contribution in [0.15, 0.2) is 36.5 Å². The number of aryl methyl sites for hydroxylation is 2. The van der Waals surface area contributed by atoms with Gasteiger partial charge in [0.1, 0.15) is 6.61 Å². The summed E-state index contributed by atoms with van der Waals surface area (Å²) in [4.78, 5) is 3.98. The Kier molecular flexibility index (Phi) is 3.28. The summed E-state index contributed by atoms with van der Waals surface area (Å²) in [6, 6.07) is 10.00. The molecule has 0 fully saturated rings. The number of hydrogen-bond acceptors (Lipinski definition) is 3. The van der Waals surface area contributed by atoms with Crippen molar-refractivity contribution in [3.05, 3.63) is 53.2 Å². The van der Waals surface area contributed by atoms with E-state index in [0.717, 1.165) is 5.56 Å². The van der Waals surface area contributed by atoms with Crippen molar-refractivity contribution in [3.63, 3.8) is 0 Å². The number of benzene rings is 1. The minimum absolute atomic E-state index is 0.428. The topological polar surface area (TPSA) is 48.1 Å². The summed E-state index contributed by atoms with van der Waals surface area (Å²) in [5.41, 5.74) is 9.33. The van der Waals surface area contributed by atoms with Crippen LogP contribution in [0.2, 0.25) is 0 Å². The maximum Gasteiger partial charge on any atom is 0.166 e. The van der Waals surface area contributed by atoms with Gasteiger partial charge in [-0.05, 0) is 31.5 Å². The molecule has 1 heterocycles. The Balaban J connectivity index is 2.10. The van der Waals surface area contributed by atoms with Crippen LogP contribution in [-0.2, 0) is 6.61 Å². The number of nitrogens with two attached hydrogens (primary N) is 1. The number of nitrogens with zero attached hydrogens (tertiary/aromatic N) is 1. The second-order valence-electron chi connectivity index (χ2n) is 4.17. The number of ether oxygens (including phenoxy) is 1. The minimum Gasteiger partial charge on any atom is -0.485 e. The van der Waals surface area contributed by atoms with Gasteiger partial charge in [-0.1, -0.05) is 29.3 Å². The molecule has 88 valence electrons. The van der Waals surface area contributed by atoms with E-state index < -0.39 is 0 Å². The summed E-state index contributed by atoms with van der Waals surface area (Å²) in [6.07, 6.45) is 1.65. The van der Waals surface area contributed by atoms with Crippen LogP contribution < -0.4 is 10.5 Å². The van der Waals surface area contributed by atoms with E-state index in [1.807, 2.05) is 12.1 Å². The average Bonchev–Trinajstić information content (AvgIpc) is 2.27. The summed E-state index contributed by atoms with van der Waals surface area (Å²) >= 11 is 0. The highest BCUT2D eigenvalue weighted by Crippen LogP contribution is 2.19. The van der Waals surface area contributed by atoms with Gasteiger partial charge in [0, 0.05) is 6.20 Å². The van der Waals surface area contributed by atoms with Crippen molar-refractivity contribution in [2.24, 2.45) is 0 Å². The van der Waals surface area contributed by atoms with Crippen molar-refractivity contribution in [1.29, 1.82) is 0 Å². The standard InChI is InChI=1S/C14H16N2O/c1-10-6-11(2)8-12(7-10)9-17-13-4-3-5-16-14(13)15/h3-8H,9H2,1-2H3,(H2,15,16). The van der Waals surface area contributed by atoms with Crippen LogP contribution in [0, 0.1) is 13.8 Å². The Morgan fingerprint density at radius 3 is 2.53 bits per heavy atom. The fourth-order valence-electron chi connectivity index (χ4n) is 1.84. The Morgan fingerprint density at radius 2 is 1.88 bits per heavy atom. The molecule has 2 N–H and O–H groups in total. The van der Waals surface area contributed by atoms with E-state index in [1.54, 1.807) is 6.20 Å². The molecule has 0 radical (unpaired) electrons. The Labute approximate surface area is 101 Å². The van der Waals surface area contributed by atoms with Crippen molar-refractivity contribution < 1.29 is 4.74 Å². The molecule has 0 amide bonds. The van der Waals surface area contributed by atoms with E-state index in [1.165, 1.54) is 11.1 Å². The first-order valence-electron chi connectivity index (χ1n) is 5.55. The third kappa shape index (κ3) is 2.97. The molecule has 0 bridgehead atoms. The van der Waals surface area contributed by atoms with Crippen LogP contribution in [0.5, 0.6) is 5.75 Å². The van der Waals surface area contributed by atoms with E-state index in [9.17, 15) is 0 Å². The number of nitrogen functional groups attached to an aromatic ring is 1. The van der Waals surface area contributed by atoms with Crippen molar-refractivity contribution in [3.8, 4) is 5.75 Å². The molecule has 0 aliphatic carbocycles. The quantitative estimate of drug-likeness (QED) is 0.878. The lowest BCUT2D eigenvalue weighted by Crippen LogP contribution is -2.00. The molecular weight excluding hydrogens is 212 g/mol. The zero-order chi connectivity index (χ0) is 12.3. The molecule has 0 unspecified atom stereocenters. The average molecular weight is 228 g/mol. The third-order valence-corrected chi connectivity index (χ3v) is 2.48. The number of aromatic nitrogens is 1. The van der Waals surface area contributed by atoms with Crippen molar-refractivity contribution in [2.75, 3.05) is 5.73 Å². The lowest BCUT2D eigenvalue weighted by molar-refractivity contribution is 0.307. The first kappa shape index (κ1) is 11.5. The molecular formula is C14H16N2O. The predicted molar refractivity (Wildman–Crippen MR) is 68.9 cm³/mol. The van der Waals surface area contributed by atoms with Gasteiger partial charge in [0.05, 0.1) is 0 Å². The highest BCUT2D eigenvalue weighted by molar-refractivity contribution is 5.44. The number of hydrogen-bond donors (Lipinski definition) is 1. The van der Waals surface area contributed by atoms with Gasteiger partial charge in [-0.3, -0.25) is 0 Å². The van der Waals surface area contributed by atoms with Crippen LogP contribution >= 0.6 is 0 Å². The number of anilines is 1. The van der Waals surface area contributed by atoms with Gasteiger partial charge < -0.3 is 10.5 Å². The summed E-state index contributed by atoms with van der Waals surface area (Å²) in [6.45, 7) is 4.67. The summed E-state index contributed by atoms with van der Waals surface area (Å²) in [7, 11) is 0. The highest BCUT2D eigenvalue weighted by atomic mass is 16.5. The SMILES string of the molecule is Cc1cc(C)cc(COc2cccnc2N)c1. The predicted octanol–water partition coefficient (Wildman–Crippen LogP) is 2.86. The zero-order valence-electron chi connectivity index (χ0n) is 10.1. The van der Waals surface area contributed by atoms with E-state index in [0.29, 0.717) is 18.2 Å². The van der Waals surface area contributed by atoms with Gasteiger partial charge in [-0.2, -0.15) is 0 Å². The maximum absolute atomic E-state index is 5.71. The van der Waals surface area contributed by atoms with Gasteiger partial charge in [0.25, 0.3) is 0 Å². The van der Waals surface area contributed by atoms with E-state index in [2.05, 4.69) is 37.0 Å². The largest absolute Gasteiger partial charge is 0.485 e. The Bertz CT molecular complexity index is 503. The Hall–Kier alpha value is -2.03. The molecule has 17 heavy (non-hydrogen) atoms. The van der Waals surface area contributed by atoms with Gasteiger partial charge in [0.2, 0.25) is 0 Å². The van der Waals surface area contributed by atoms with Crippen molar-refractivity contribution >= 4 is 5.82 Å². The molecule has 0 atom stereocenters. The van der Waals surface area contributed by atoms with Crippen molar-refractivity contribution in [1.82, 2.24) is 4.98 Å². The highest BCUT2D eigenvalue weighted by Gasteiger charge is 2.01. The summed E-state index contributed by atoms with van der Waals surface area (Å²) in [5.74, 6) is 1.06. The molecule has 1 aromatic carbocycles. The summed E-state index contributed by atoms with van der Waals surface area (Å²) < 4.78 is 5.65. The Morgan fingerprint density at radius 1 is 1.18 bits per heavy atom. The summed E-state index contributed by atoms with van der Waals surface area (Å²) in [5, 5.41) is 0. The van der Waals surface area contributed by atoms with Crippen molar-refractivity contribution in [2.45, 2.75) is 20.5 Å². The molecule has 0 spiro atoms. The fraction of sp³-hybridized carbons (Fsp3) is 0.214. The zero-order valence-corrected chi connectivity index (χ0v) is 10.1. The van der Waals surface area contributed by atoms with E-state index >= 15 is 0 Å². The normalized spacial score (nSPS) is 10.2. The van der Waals surface area contributed by atoms with Crippen LogP contribution in [0.1, 0.15) is 16.7 Å². The van der Waals surface area contributed by atoms with Gasteiger partial charge >= 0.3 is 0 Å². The molecule has 1 aromatic heterocycles. The first-order chi connectivity index (χ1) is 8.15. The molecule has 0 aliphatic rings. The van der Waals surface area contributed by atoms with Crippen LogP contribution in [0.4, 0.5) is 5.82 Å². The van der Waals surface area contributed by atoms with Crippen LogP contribution in [-0.4, -0.2) is 4.98 Å². The molecule has 3 heteroatoms. The lowest BCUT2D eigenvalue weighted by Gasteiger charge is -2.09. The monoisotopic (exact) mass is 228 g/mol. The lowest BCUT2D eigenvalue weighted by atomic mass is 10.1. The molecule has 2 aromatic rings. The smallest absolute Gasteiger partial charge is 0.166 e. The molecule has 0 saturated heterocycles. The fourth-order valence-corrected chi connectivity index (χ4v) is 1.84. The molecule has 3 nitrogen and oxygen atoms in total. The van der Waals surface area contributed by atoms with Gasteiger partial charge in [-0.15, -0.1) is 0 Å². The van der Waals surface area contributed by atoms with Crippen LogP contribution in [0.3, 0.4) is 0 Å². The third-order valence-electron chi connectivity index (χ3n) is 2.48. The second-order valence-corrected chi connectivity index (χ2v) is 4.17. The number of rotatable bonds is 3. The van der Waals surface area contributed by atoms with Crippen LogP contribution in [0.25, 0.3) is 0 Å².